The smallest absolute Gasteiger partial charge is 0.387 e. The first kappa shape index (κ1) is 20.8. The summed E-state index contributed by atoms with van der Waals surface area (Å²) in [5.41, 5.74) is 0.888. The van der Waals surface area contributed by atoms with Crippen LogP contribution in [0.3, 0.4) is 0 Å². The number of imide groups is 1. The second-order valence-corrected chi connectivity index (χ2v) is 5.61. The number of nitrogens with one attached hydrogen (secondary N) is 2. The molecule has 0 aliphatic carbocycles. The van der Waals surface area contributed by atoms with Crippen molar-refractivity contribution in [2.45, 2.75) is 26.2 Å². The Bertz CT molecular complexity index is 813. The van der Waals surface area contributed by atoms with Crippen LogP contribution in [0.4, 0.5) is 13.6 Å². The molecule has 0 bridgehead atoms. The minimum atomic E-state index is -2.98. The number of rotatable bonds is 7. The number of esters is 1. The summed E-state index contributed by atoms with van der Waals surface area (Å²) in [4.78, 5) is 35.7. The fraction of sp³-hybridized carbons (Fsp3) is 0.211. The molecule has 7 nitrogen and oxygen atoms in total. The number of halogens is 2. The van der Waals surface area contributed by atoms with Crippen LogP contribution >= 0.6 is 0 Å². The Morgan fingerprint density at radius 2 is 1.64 bits per heavy atom. The van der Waals surface area contributed by atoms with Gasteiger partial charge in [-0.2, -0.15) is 8.78 Å². The summed E-state index contributed by atoms with van der Waals surface area (Å²) in [6, 6.07) is 13.1. The first-order valence-electron chi connectivity index (χ1n) is 8.23. The van der Waals surface area contributed by atoms with Gasteiger partial charge in [0, 0.05) is 6.54 Å². The summed E-state index contributed by atoms with van der Waals surface area (Å²) in [7, 11) is 0. The van der Waals surface area contributed by atoms with Crippen LogP contribution < -0.4 is 15.4 Å². The van der Waals surface area contributed by atoms with E-state index >= 15 is 0 Å². The largest absolute Gasteiger partial charge is 0.449 e. The minimum Gasteiger partial charge on any atom is -0.449 e. The average Bonchev–Trinajstić information content (AvgIpc) is 2.67. The van der Waals surface area contributed by atoms with Crippen molar-refractivity contribution in [3.63, 3.8) is 0 Å². The van der Waals surface area contributed by atoms with E-state index in [4.69, 9.17) is 4.74 Å². The molecule has 0 aromatic heterocycles. The number of hydrogen-bond donors (Lipinski definition) is 2. The predicted octanol–water partition coefficient (Wildman–Crippen LogP) is 2.86. The zero-order valence-corrected chi connectivity index (χ0v) is 14.9. The molecule has 0 heterocycles. The van der Waals surface area contributed by atoms with Crippen molar-refractivity contribution in [1.29, 1.82) is 0 Å². The van der Waals surface area contributed by atoms with E-state index in [1.807, 2.05) is 30.3 Å². The first-order chi connectivity index (χ1) is 13.3. The summed E-state index contributed by atoms with van der Waals surface area (Å²) in [5, 5.41) is 4.57. The van der Waals surface area contributed by atoms with Crippen molar-refractivity contribution in [3.05, 3.63) is 65.7 Å². The third kappa shape index (κ3) is 6.67. The van der Waals surface area contributed by atoms with Gasteiger partial charge in [-0.1, -0.05) is 30.3 Å². The number of urea groups is 1. The normalized spacial score (nSPS) is 11.4. The Kier molecular flexibility index (Phi) is 7.44. The van der Waals surface area contributed by atoms with Crippen LogP contribution in [0.5, 0.6) is 5.75 Å². The quantitative estimate of drug-likeness (QED) is 0.707. The first-order valence-corrected chi connectivity index (χ1v) is 8.23. The highest BCUT2D eigenvalue weighted by atomic mass is 19.3. The standard InChI is InChI=1S/C19H18F2N2O5/c1-12(16(24)23-19(26)22-11-13-5-3-2-4-6-13)27-17(25)14-7-9-15(10-8-14)28-18(20)21/h2-10,12,18H,11H2,1H3,(H2,22,23,24,26)/t12-/m1/s1. The van der Waals surface area contributed by atoms with Crippen LogP contribution in [0.25, 0.3) is 0 Å². The number of carbonyl (C=O) groups excluding carboxylic acids is 3. The molecule has 2 N–H and O–H groups in total. The summed E-state index contributed by atoms with van der Waals surface area (Å²) in [5.74, 6) is -1.78. The van der Waals surface area contributed by atoms with Crippen molar-refractivity contribution >= 4 is 17.9 Å². The van der Waals surface area contributed by atoms with E-state index in [-0.39, 0.29) is 17.9 Å². The van der Waals surface area contributed by atoms with E-state index in [9.17, 15) is 23.2 Å². The number of hydrogen-bond acceptors (Lipinski definition) is 5. The van der Waals surface area contributed by atoms with Gasteiger partial charge in [0.2, 0.25) is 0 Å². The Labute approximate surface area is 159 Å². The molecule has 9 heteroatoms. The van der Waals surface area contributed by atoms with E-state index in [1.165, 1.54) is 31.2 Å². The zero-order chi connectivity index (χ0) is 20.5. The lowest BCUT2D eigenvalue weighted by atomic mass is 10.2. The Morgan fingerprint density at radius 3 is 2.25 bits per heavy atom. The highest BCUT2D eigenvalue weighted by Gasteiger charge is 2.21. The topological polar surface area (TPSA) is 93.7 Å². The van der Waals surface area contributed by atoms with Gasteiger partial charge in [0.25, 0.3) is 5.91 Å². The van der Waals surface area contributed by atoms with Crippen LogP contribution in [0, 0.1) is 0 Å². The van der Waals surface area contributed by atoms with Gasteiger partial charge in [0.15, 0.2) is 6.10 Å². The van der Waals surface area contributed by atoms with Gasteiger partial charge in [0.05, 0.1) is 5.56 Å². The summed E-state index contributed by atoms with van der Waals surface area (Å²) in [6.07, 6.45) is -1.24. The third-order valence-corrected chi connectivity index (χ3v) is 3.50. The molecule has 0 unspecified atom stereocenters. The van der Waals surface area contributed by atoms with Crippen LogP contribution in [0.15, 0.2) is 54.6 Å². The van der Waals surface area contributed by atoms with Crippen molar-refractivity contribution < 1.29 is 32.6 Å². The van der Waals surface area contributed by atoms with Gasteiger partial charge in [-0.05, 0) is 36.8 Å². The molecule has 3 amide bonds. The molecule has 1 atom stereocenters. The molecule has 2 aromatic carbocycles. The molecule has 0 saturated carbocycles. The molecule has 2 rings (SSSR count). The van der Waals surface area contributed by atoms with Crippen LogP contribution in [0.1, 0.15) is 22.8 Å². The molecule has 0 spiro atoms. The molecule has 0 radical (unpaired) electrons. The maximum absolute atomic E-state index is 12.1. The van der Waals surface area contributed by atoms with Gasteiger partial charge in [-0.15, -0.1) is 0 Å². The minimum absolute atomic E-state index is 0.0368. The molecule has 0 saturated heterocycles. The molecule has 0 aliphatic rings. The van der Waals surface area contributed by atoms with Gasteiger partial charge in [-0.3, -0.25) is 10.1 Å². The van der Waals surface area contributed by atoms with E-state index < -0.39 is 30.6 Å². The average molecular weight is 392 g/mol. The Balaban J connectivity index is 1.80. The monoisotopic (exact) mass is 392 g/mol. The van der Waals surface area contributed by atoms with Crippen molar-refractivity contribution in [1.82, 2.24) is 10.6 Å². The predicted molar refractivity (Wildman–Crippen MR) is 94.8 cm³/mol. The van der Waals surface area contributed by atoms with E-state index in [2.05, 4.69) is 15.4 Å². The van der Waals surface area contributed by atoms with E-state index in [0.717, 1.165) is 5.56 Å². The fourth-order valence-corrected chi connectivity index (χ4v) is 2.09. The van der Waals surface area contributed by atoms with Gasteiger partial charge >= 0.3 is 18.6 Å². The molecular weight excluding hydrogens is 374 g/mol. The number of benzene rings is 2. The second kappa shape index (κ2) is 10.0. The maximum atomic E-state index is 12.1. The number of carbonyl (C=O) groups is 3. The number of amides is 3. The Morgan fingerprint density at radius 1 is 1.00 bits per heavy atom. The van der Waals surface area contributed by atoms with Crippen molar-refractivity contribution in [2.24, 2.45) is 0 Å². The second-order valence-electron chi connectivity index (χ2n) is 5.61. The van der Waals surface area contributed by atoms with Crippen molar-refractivity contribution in [3.8, 4) is 5.75 Å². The number of ether oxygens (including phenoxy) is 2. The summed E-state index contributed by atoms with van der Waals surface area (Å²) < 4.78 is 33.3. The van der Waals surface area contributed by atoms with Crippen LogP contribution in [-0.2, 0) is 16.1 Å². The highest BCUT2D eigenvalue weighted by molar-refractivity contribution is 5.98. The van der Waals surface area contributed by atoms with Gasteiger partial charge in [-0.25, -0.2) is 9.59 Å². The van der Waals surface area contributed by atoms with Crippen LogP contribution in [0.2, 0.25) is 0 Å². The Hall–Kier alpha value is -3.49. The third-order valence-electron chi connectivity index (χ3n) is 3.50. The van der Waals surface area contributed by atoms with Gasteiger partial charge < -0.3 is 14.8 Å². The maximum Gasteiger partial charge on any atom is 0.387 e. The van der Waals surface area contributed by atoms with E-state index in [0.29, 0.717) is 0 Å². The molecule has 2 aromatic rings. The van der Waals surface area contributed by atoms with E-state index in [1.54, 1.807) is 0 Å². The summed E-state index contributed by atoms with van der Waals surface area (Å²) >= 11 is 0. The van der Waals surface area contributed by atoms with Gasteiger partial charge in [0.1, 0.15) is 5.75 Å². The molecule has 148 valence electrons. The summed E-state index contributed by atoms with van der Waals surface area (Å²) in [6.45, 7) is -1.46. The lowest BCUT2D eigenvalue weighted by Crippen LogP contribution is -2.44. The fourth-order valence-electron chi connectivity index (χ4n) is 2.09. The molecule has 0 aliphatic heterocycles. The number of alkyl halides is 2. The molecular formula is C19H18F2N2O5. The lowest BCUT2D eigenvalue weighted by molar-refractivity contribution is -0.127. The highest BCUT2D eigenvalue weighted by Crippen LogP contribution is 2.15. The zero-order valence-electron chi connectivity index (χ0n) is 14.9. The van der Waals surface area contributed by atoms with Crippen LogP contribution in [-0.4, -0.2) is 30.6 Å². The van der Waals surface area contributed by atoms with Crippen molar-refractivity contribution in [2.75, 3.05) is 0 Å². The molecule has 0 fully saturated rings. The molecule has 28 heavy (non-hydrogen) atoms. The SMILES string of the molecule is C[C@@H](OC(=O)c1ccc(OC(F)F)cc1)C(=O)NC(=O)NCc1ccccc1. The lowest BCUT2D eigenvalue weighted by Gasteiger charge is -2.13.